The van der Waals surface area contributed by atoms with Crippen molar-refractivity contribution < 1.29 is 4.39 Å². The van der Waals surface area contributed by atoms with Crippen LogP contribution in [0.2, 0.25) is 0 Å². The standard InChI is InChI=1S/C23H23FN6O/c1-28(2)20-14-29(13-19(20)15-8-10-16(24)11-9-15)23-26-21-18(22(31)27-23)12-25-30(21)17-6-4-3-5-7-17/h3-12,19-20H,13-14H2,1-2H3,(H,26,27,31). The van der Waals surface area contributed by atoms with Gasteiger partial charge in [0.2, 0.25) is 5.95 Å². The van der Waals surface area contributed by atoms with Gasteiger partial charge in [0.1, 0.15) is 11.2 Å². The highest BCUT2D eigenvalue weighted by Gasteiger charge is 2.36. The zero-order valence-corrected chi connectivity index (χ0v) is 17.4. The number of hydrogen-bond acceptors (Lipinski definition) is 5. The molecule has 8 heteroatoms. The average Bonchev–Trinajstić information content (AvgIpc) is 3.40. The van der Waals surface area contributed by atoms with Crippen LogP contribution in [0.3, 0.4) is 0 Å². The van der Waals surface area contributed by atoms with Crippen LogP contribution in [0.15, 0.2) is 65.6 Å². The summed E-state index contributed by atoms with van der Waals surface area (Å²) in [7, 11) is 4.07. The lowest BCUT2D eigenvalue weighted by Gasteiger charge is -2.25. The van der Waals surface area contributed by atoms with E-state index in [0.29, 0.717) is 30.1 Å². The van der Waals surface area contributed by atoms with Crippen molar-refractivity contribution in [1.82, 2.24) is 24.6 Å². The van der Waals surface area contributed by atoms with Crippen LogP contribution in [0.25, 0.3) is 16.7 Å². The summed E-state index contributed by atoms with van der Waals surface area (Å²) in [5.74, 6) is 0.438. The number of benzene rings is 2. The minimum atomic E-state index is -0.245. The molecule has 1 saturated heterocycles. The van der Waals surface area contributed by atoms with Crippen LogP contribution in [0.4, 0.5) is 10.3 Å². The molecule has 0 spiro atoms. The van der Waals surface area contributed by atoms with Gasteiger partial charge in [-0.2, -0.15) is 10.1 Å². The summed E-state index contributed by atoms with van der Waals surface area (Å²) in [5, 5.41) is 4.83. The van der Waals surface area contributed by atoms with Crippen molar-refractivity contribution in [3.8, 4) is 5.69 Å². The predicted molar refractivity (Wildman–Crippen MR) is 118 cm³/mol. The number of nitrogens with one attached hydrogen (secondary N) is 1. The summed E-state index contributed by atoms with van der Waals surface area (Å²) < 4.78 is 15.1. The van der Waals surface area contributed by atoms with E-state index >= 15 is 0 Å². The molecule has 3 heterocycles. The number of halogens is 1. The van der Waals surface area contributed by atoms with E-state index in [2.05, 4.69) is 19.9 Å². The molecule has 1 aliphatic heterocycles. The van der Waals surface area contributed by atoms with Crippen LogP contribution in [-0.4, -0.2) is 57.9 Å². The van der Waals surface area contributed by atoms with Crippen molar-refractivity contribution in [2.45, 2.75) is 12.0 Å². The van der Waals surface area contributed by atoms with Crippen molar-refractivity contribution in [3.05, 3.63) is 82.5 Å². The molecule has 1 N–H and O–H groups in total. The van der Waals surface area contributed by atoms with Gasteiger partial charge in [0, 0.05) is 25.0 Å². The fourth-order valence-electron chi connectivity index (χ4n) is 4.34. The van der Waals surface area contributed by atoms with Gasteiger partial charge in [-0.1, -0.05) is 30.3 Å². The Balaban J connectivity index is 1.54. The molecule has 158 valence electrons. The second-order valence-electron chi connectivity index (χ2n) is 8.11. The maximum absolute atomic E-state index is 13.4. The van der Waals surface area contributed by atoms with E-state index in [1.807, 2.05) is 56.6 Å². The monoisotopic (exact) mass is 418 g/mol. The van der Waals surface area contributed by atoms with Crippen molar-refractivity contribution in [2.75, 3.05) is 32.1 Å². The number of fused-ring (bicyclic) bond motifs is 1. The van der Waals surface area contributed by atoms with E-state index in [0.717, 1.165) is 11.3 Å². The number of rotatable bonds is 4. The van der Waals surface area contributed by atoms with E-state index in [9.17, 15) is 9.18 Å². The molecule has 2 aromatic heterocycles. The molecule has 0 radical (unpaired) electrons. The van der Waals surface area contributed by atoms with Gasteiger partial charge < -0.3 is 9.80 Å². The molecule has 0 saturated carbocycles. The first-order valence-corrected chi connectivity index (χ1v) is 10.2. The highest BCUT2D eigenvalue weighted by molar-refractivity contribution is 5.76. The van der Waals surface area contributed by atoms with Gasteiger partial charge in [0.25, 0.3) is 5.56 Å². The van der Waals surface area contributed by atoms with Gasteiger partial charge in [-0.3, -0.25) is 9.78 Å². The zero-order valence-electron chi connectivity index (χ0n) is 17.4. The molecule has 0 amide bonds. The second kappa shape index (κ2) is 7.63. The molecule has 7 nitrogen and oxygen atoms in total. The Hall–Kier alpha value is -3.52. The maximum Gasteiger partial charge on any atom is 0.263 e. The molecule has 2 atom stereocenters. The van der Waals surface area contributed by atoms with Crippen LogP contribution in [0, 0.1) is 5.82 Å². The van der Waals surface area contributed by atoms with Gasteiger partial charge in [-0.05, 0) is 43.9 Å². The molecular formula is C23H23FN6O. The summed E-state index contributed by atoms with van der Waals surface area (Å²) in [6, 6.07) is 16.5. The number of aromatic amines is 1. The average molecular weight is 418 g/mol. The molecule has 2 aromatic carbocycles. The largest absolute Gasteiger partial charge is 0.340 e. The van der Waals surface area contributed by atoms with E-state index in [1.165, 1.54) is 12.1 Å². The Morgan fingerprint density at radius 1 is 1.06 bits per heavy atom. The summed E-state index contributed by atoms with van der Waals surface area (Å²) >= 11 is 0. The summed E-state index contributed by atoms with van der Waals surface area (Å²) in [4.78, 5) is 24.7. The number of H-pyrrole nitrogens is 1. The highest BCUT2D eigenvalue weighted by Crippen LogP contribution is 2.32. The molecule has 1 fully saturated rings. The second-order valence-corrected chi connectivity index (χ2v) is 8.11. The van der Waals surface area contributed by atoms with E-state index < -0.39 is 0 Å². The summed E-state index contributed by atoms with van der Waals surface area (Å²) in [5.41, 5.74) is 2.23. The minimum Gasteiger partial charge on any atom is -0.340 e. The SMILES string of the molecule is CN(C)C1CN(c2nc3c(cnn3-c3ccccc3)c(=O)[nH]2)CC1c1ccc(F)cc1. The fourth-order valence-corrected chi connectivity index (χ4v) is 4.34. The Bertz CT molecular complexity index is 1260. The lowest BCUT2D eigenvalue weighted by molar-refractivity contribution is 0.292. The topological polar surface area (TPSA) is 70.1 Å². The van der Waals surface area contributed by atoms with Crippen molar-refractivity contribution in [1.29, 1.82) is 0 Å². The van der Waals surface area contributed by atoms with Gasteiger partial charge >= 0.3 is 0 Å². The number of likely N-dealkylation sites (N-methyl/N-ethyl adjacent to an activating group) is 1. The molecule has 1 aliphatic rings. The molecule has 2 unspecified atom stereocenters. The van der Waals surface area contributed by atoms with Crippen LogP contribution in [-0.2, 0) is 0 Å². The third-order valence-electron chi connectivity index (χ3n) is 5.98. The number of nitrogens with zero attached hydrogens (tertiary/aromatic N) is 5. The van der Waals surface area contributed by atoms with Crippen LogP contribution in [0.1, 0.15) is 11.5 Å². The first-order valence-electron chi connectivity index (χ1n) is 10.2. The number of aromatic nitrogens is 4. The molecule has 31 heavy (non-hydrogen) atoms. The normalized spacial score (nSPS) is 18.9. The van der Waals surface area contributed by atoms with Gasteiger partial charge in [-0.25, -0.2) is 9.07 Å². The van der Waals surface area contributed by atoms with Crippen molar-refractivity contribution in [3.63, 3.8) is 0 Å². The van der Waals surface area contributed by atoms with Crippen LogP contribution >= 0.6 is 0 Å². The van der Waals surface area contributed by atoms with E-state index in [1.54, 1.807) is 10.9 Å². The van der Waals surface area contributed by atoms with E-state index in [4.69, 9.17) is 4.98 Å². The Morgan fingerprint density at radius 2 is 1.81 bits per heavy atom. The Kier molecular flexibility index (Phi) is 4.78. The first kappa shape index (κ1) is 19.4. The predicted octanol–water partition coefficient (Wildman–Crippen LogP) is 2.78. The Morgan fingerprint density at radius 3 is 2.52 bits per heavy atom. The summed E-state index contributed by atoms with van der Waals surface area (Å²) in [6.07, 6.45) is 1.55. The fraction of sp³-hybridized carbons (Fsp3) is 0.261. The van der Waals surface area contributed by atoms with Gasteiger partial charge in [-0.15, -0.1) is 0 Å². The quantitative estimate of drug-likeness (QED) is 0.552. The smallest absolute Gasteiger partial charge is 0.263 e. The minimum absolute atomic E-state index is 0.163. The van der Waals surface area contributed by atoms with Crippen molar-refractivity contribution in [2.24, 2.45) is 0 Å². The third-order valence-corrected chi connectivity index (χ3v) is 5.98. The summed E-state index contributed by atoms with van der Waals surface area (Å²) in [6.45, 7) is 1.37. The van der Waals surface area contributed by atoms with Gasteiger partial charge in [0.05, 0.1) is 11.9 Å². The highest BCUT2D eigenvalue weighted by atomic mass is 19.1. The molecule has 5 rings (SSSR count). The number of para-hydroxylation sites is 1. The Labute approximate surface area is 178 Å². The molecule has 0 bridgehead atoms. The maximum atomic E-state index is 13.4. The van der Waals surface area contributed by atoms with Crippen LogP contribution in [0.5, 0.6) is 0 Å². The van der Waals surface area contributed by atoms with E-state index in [-0.39, 0.29) is 23.3 Å². The molecule has 4 aromatic rings. The lowest BCUT2D eigenvalue weighted by Crippen LogP contribution is -2.35. The van der Waals surface area contributed by atoms with Crippen LogP contribution < -0.4 is 10.5 Å². The molecular weight excluding hydrogens is 395 g/mol. The lowest BCUT2D eigenvalue weighted by atomic mass is 9.94. The first-order chi connectivity index (χ1) is 15.0. The number of hydrogen-bond donors (Lipinski definition) is 1. The zero-order chi connectivity index (χ0) is 21.5. The van der Waals surface area contributed by atoms with Crippen molar-refractivity contribution >= 4 is 17.0 Å². The molecule has 0 aliphatic carbocycles. The third kappa shape index (κ3) is 3.48. The van der Waals surface area contributed by atoms with Gasteiger partial charge in [0.15, 0.2) is 5.65 Å². The number of anilines is 1.